The van der Waals surface area contributed by atoms with Crippen LogP contribution < -0.4 is 0 Å². The summed E-state index contributed by atoms with van der Waals surface area (Å²) in [5, 5.41) is 6.18. The van der Waals surface area contributed by atoms with Crippen LogP contribution in [0.5, 0.6) is 0 Å². The molecule has 0 aliphatic carbocycles. The van der Waals surface area contributed by atoms with E-state index in [0.29, 0.717) is 5.92 Å². The lowest BCUT2D eigenvalue weighted by Gasteiger charge is -2.03. The van der Waals surface area contributed by atoms with E-state index in [1.54, 1.807) is 11.3 Å². The summed E-state index contributed by atoms with van der Waals surface area (Å²) >= 11 is 1.77. The maximum atomic E-state index is 5.38. The lowest BCUT2D eigenvalue weighted by molar-refractivity contribution is 0.192. The van der Waals surface area contributed by atoms with Gasteiger partial charge in [0.2, 0.25) is 5.89 Å². The molecule has 0 spiro atoms. The molecule has 3 rings (SSSR count). The predicted octanol–water partition coefficient (Wildman–Crippen LogP) is 2.98. The molecule has 0 radical (unpaired) electrons. The summed E-state index contributed by atoms with van der Waals surface area (Å²) in [5.74, 6) is 2.13. The van der Waals surface area contributed by atoms with E-state index in [0.717, 1.165) is 37.8 Å². The summed E-state index contributed by atoms with van der Waals surface area (Å²) in [6.07, 6.45) is 1.96. The highest BCUT2D eigenvalue weighted by molar-refractivity contribution is 7.09. The molecule has 2 aromatic heterocycles. The van der Waals surface area contributed by atoms with Crippen molar-refractivity contribution in [3.63, 3.8) is 0 Å². The van der Waals surface area contributed by atoms with E-state index in [1.165, 1.54) is 4.88 Å². The lowest BCUT2D eigenvalue weighted by Crippen LogP contribution is -2.01. The fourth-order valence-corrected chi connectivity index (χ4v) is 3.00. The summed E-state index contributed by atoms with van der Waals surface area (Å²) < 4.78 is 10.7. The van der Waals surface area contributed by atoms with Crippen molar-refractivity contribution in [1.82, 2.24) is 10.1 Å². The highest BCUT2D eigenvalue weighted by atomic mass is 32.1. The quantitative estimate of drug-likeness (QED) is 0.851. The molecule has 1 aliphatic heterocycles. The van der Waals surface area contributed by atoms with Gasteiger partial charge in [0.15, 0.2) is 5.82 Å². The molecule has 18 heavy (non-hydrogen) atoms. The van der Waals surface area contributed by atoms with Crippen molar-refractivity contribution in [2.45, 2.75) is 31.6 Å². The first-order chi connectivity index (χ1) is 8.83. The molecule has 3 heterocycles. The molecule has 1 aliphatic rings. The van der Waals surface area contributed by atoms with Crippen LogP contribution in [0.1, 0.15) is 41.8 Å². The van der Waals surface area contributed by atoms with Crippen molar-refractivity contribution in [2.75, 3.05) is 13.2 Å². The van der Waals surface area contributed by atoms with Gasteiger partial charge in [-0.2, -0.15) is 4.98 Å². The van der Waals surface area contributed by atoms with Gasteiger partial charge >= 0.3 is 0 Å². The number of rotatable bonds is 4. The van der Waals surface area contributed by atoms with Crippen LogP contribution in [-0.4, -0.2) is 23.4 Å². The number of nitrogens with zero attached hydrogens (tertiary/aromatic N) is 2. The fraction of sp³-hybridized carbons (Fsp3) is 0.538. The van der Waals surface area contributed by atoms with Gasteiger partial charge in [-0.15, -0.1) is 11.3 Å². The molecule has 2 aromatic rings. The van der Waals surface area contributed by atoms with E-state index < -0.39 is 0 Å². The smallest absolute Gasteiger partial charge is 0.229 e. The summed E-state index contributed by atoms with van der Waals surface area (Å²) in [5.41, 5.74) is 0. The van der Waals surface area contributed by atoms with Crippen molar-refractivity contribution >= 4 is 11.3 Å². The zero-order chi connectivity index (χ0) is 12.4. The van der Waals surface area contributed by atoms with Crippen LogP contribution in [0.15, 0.2) is 22.0 Å². The van der Waals surface area contributed by atoms with E-state index in [9.17, 15) is 0 Å². The zero-order valence-electron chi connectivity index (χ0n) is 10.3. The molecule has 96 valence electrons. The first-order valence-corrected chi connectivity index (χ1v) is 7.14. The molecular weight excluding hydrogens is 248 g/mol. The van der Waals surface area contributed by atoms with Crippen LogP contribution in [0.2, 0.25) is 0 Å². The number of hydrogen-bond acceptors (Lipinski definition) is 5. The van der Waals surface area contributed by atoms with Crippen LogP contribution >= 0.6 is 11.3 Å². The van der Waals surface area contributed by atoms with Gasteiger partial charge in [0, 0.05) is 23.3 Å². The molecule has 5 heteroatoms. The Morgan fingerprint density at radius 1 is 1.56 bits per heavy atom. The van der Waals surface area contributed by atoms with E-state index >= 15 is 0 Å². The molecule has 4 nitrogen and oxygen atoms in total. The Morgan fingerprint density at radius 3 is 3.22 bits per heavy atom. The van der Waals surface area contributed by atoms with Crippen LogP contribution in [0, 0.1) is 0 Å². The first kappa shape index (κ1) is 11.9. The van der Waals surface area contributed by atoms with Gasteiger partial charge in [0.05, 0.1) is 6.61 Å². The maximum absolute atomic E-state index is 5.38. The first-order valence-electron chi connectivity index (χ1n) is 6.26. The normalized spacial score (nSPS) is 21.3. The molecule has 0 amide bonds. The number of aromatic nitrogens is 2. The Hall–Kier alpha value is -1.20. The van der Waals surface area contributed by atoms with Gasteiger partial charge in [0.1, 0.15) is 0 Å². The fourth-order valence-electron chi connectivity index (χ4n) is 2.17. The molecule has 0 N–H and O–H groups in total. The van der Waals surface area contributed by atoms with E-state index in [4.69, 9.17) is 9.26 Å². The Morgan fingerprint density at radius 2 is 2.50 bits per heavy atom. The van der Waals surface area contributed by atoms with Crippen molar-refractivity contribution < 1.29 is 9.26 Å². The summed E-state index contributed by atoms with van der Waals surface area (Å²) in [6, 6.07) is 4.21. The Bertz CT molecular complexity index is 489. The van der Waals surface area contributed by atoms with Crippen molar-refractivity contribution in [1.29, 1.82) is 0 Å². The molecule has 1 fully saturated rings. The topological polar surface area (TPSA) is 48.2 Å². The standard InChI is InChI=1S/C13H16N2O2S/c1-9(7-11-3-2-6-18-11)13-14-12(15-17-13)10-4-5-16-8-10/h2-3,6,9-10H,4-5,7-8H2,1H3/t9-,10-/m1/s1. The highest BCUT2D eigenvalue weighted by Gasteiger charge is 2.24. The predicted molar refractivity (Wildman–Crippen MR) is 68.9 cm³/mol. The molecule has 0 aromatic carbocycles. The second-order valence-corrected chi connectivity index (χ2v) is 5.77. The summed E-state index contributed by atoms with van der Waals surface area (Å²) in [7, 11) is 0. The average Bonchev–Trinajstić information content (AvgIpc) is 3.11. The van der Waals surface area contributed by atoms with Crippen LogP contribution in [0.4, 0.5) is 0 Å². The van der Waals surface area contributed by atoms with Gasteiger partial charge in [-0.3, -0.25) is 0 Å². The van der Waals surface area contributed by atoms with Gasteiger partial charge in [-0.25, -0.2) is 0 Å². The van der Waals surface area contributed by atoms with E-state index in [2.05, 4.69) is 34.6 Å². The minimum atomic E-state index is 0.271. The molecule has 0 saturated carbocycles. The van der Waals surface area contributed by atoms with E-state index in [-0.39, 0.29) is 5.92 Å². The third-order valence-electron chi connectivity index (χ3n) is 3.26. The van der Waals surface area contributed by atoms with Crippen molar-refractivity contribution in [2.24, 2.45) is 0 Å². The number of hydrogen-bond donors (Lipinski definition) is 0. The summed E-state index contributed by atoms with van der Waals surface area (Å²) in [4.78, 5) is 5.87. The van der Waals surface area contributed by atoms with Crippen molar-refractivity contribution in [3.05, 3.63) is 34.1 Å². The monoisotopic (exact) mass is 264 g/mol. The maximum Gasteiger partial charge on any atom is 0.229 e. The van der Waals surface area contributed by atoms with Crippen LogP contribution in [0.25, 0.3) is 0 Å². The Labute approximate surface area is 110 Å². The third kappa shape index (κ3) is 2.47. The highest BCUT2D eigenvalue weighted by Crippen LogP contribution is 2.26. The van der Waals surface area contributed by atoms with Crippen molar-refractivity contribution in [3.8, 4) is 0 Å². The molecule has 0 bridgehead atoms. The Balaban J connectivity index is 1.68. The number of ether oxygens (including phenoxy) is 1. The minimum Gasteiger partial charge on any atom is -0.381 e. The van der Waals surface area contributed by atoms with Gasteiger partial charge in [0.25, 0.3) is 0 Å². The minimum absolute atomic E-state index is 0.271. The van der Waals surface area contributed by atoms with E-state index in [1.807, 2.05) is 0 Å². The molecule has 0 unspecified atom stereocenters. The Kier molecular flexibility index (Phi) is 3.43. The number of thiophene rings is 1. The van der Waals surface area contributed by atoms with Gasteiger partial charge < -0.3 is 9.26 Å². The van der Waals surface area contributed by atoms with Gasteiger partial charge in [-0.1, -0.05) is 18.1 Å². The molecular formula is C13H16N2O2S. The molecule has 1 saturated heterocycles. The molecule has 2 atom stereocenters. The largest absolute Gasteiger partial charge is 0.381 e. The second kappa shape index (κ2) is 5.20. The lowest BCUT2D eigenvalue weighted by atomic mass is 10.1. The zero-order valence-corrected chi connectivity index (χ0v) is 11.2. The van der Waals surface area contributed by atoms with Gasteiger partial charge in [-0.05, 0) is 24.3 Å². The third-order valence-corrected chi connectivity index (χ3v) is 4.16. The SMILES string of the molecule is C[C@H](Cc1cccs1)c1nc([C@@H]2CCOC2)no1. The second-order valence-electron chi connectivity index (χ2n) is 4.74. The average molecular weight is 264 g/mol. The van der Waals surface area contributed by atoms with Crippen LogP contribution in [0.3, 0.4) is 0 Å². The van der Waals surface area contributed by atoms with Crippen LogP contribution in [-0.2, 0) is 11.2 Å². The summed E-state index contributed by atoms with van der Waals surface area (Å²) in [6.45, 7) is 3.65.